The van der Waals surface area contributed by atoms with Gasteiger partial charge in [0.15, 0.2) is 0 Å². The van der Waals surface area contributed by atoms with Gasteiger partial charge < -0.3 is 19.9 Å². The highest BCUT2D eigenvalue weighted by molar-refractivity contribution is 5.91. The molecule has 2 amide bonds. The van der Waals surface area contributed by atoms with E-state index in [2.05, 4.69) is 4.98 Å². The molecular formula is C17H20N4O3. The Labute approximate surface area is 140 Å². The second kappa shape index (κ2) is 7.16. The Balaban J connectivity index is 1.60. The van der Waals surface area contributed by atoms with Crippen molar-refractivity contribution in [2.75, 3.05) is 13.1 Å². The van der Waals surface area contributed by atoms with Crippen LogP contribution in [0.25, 0.3) is 0 Å². The molecule has 0 saturated carbocycles. The third-order valence-corrected chi connectivity index (χ3v) is 4.00. The maximum absolute atomic E-state index is 12.4. The van der Waals surface area contributed by atoms with Crippen LogP contribution in [0.15, 0.2) is 42.9 Å². The summed E-state index contributed by atoms with van der Waals surface area (Å²) in [5.41, 5.74) is 5.40. The second-order valence-corrected chi connectivity index (χ2v) is 5.82. The molecule has 0 radical (unpaired) electrons. The van der Waals surface area contributed by atoms with E-state index in [0.29, 0.717) is 18.8 Å². The van der Waals surface area contributed by atoms with Crippen molar-refractivity contribution in [1.82, 2.24) is 14.5 Å². The van der Waals surface area contributed by atoms with E-state index >= 15 is 0 Å². The van der Waals surface area contributed by atoms with Crippen LogP contribution < -0.4 is 10.5 Å². The molecule has 0 bridgehead atoms. The van der Waals surface area contributed by atoms with Gasteiger partial charge in [0.2, 0.25) is 5.91 Å². The van der Waals surface area contributed by atoms with Gasteiger partial charge in [0.1, 0.15) is 24.1 Å². The van der Waals surface area contributed by atoms with Gasteiger partial charge in [-0.2, -0.15) is 0 Å². The Morgan fingerprint density at radius 2 is 2.12 bits per heavy atom. The van der Waals surface area contributed by atoms with Crippen LogP contribution >= 0.6 is 0 Å². The molecule has 126 valence electrons. The van der Waals surface area contributed by atoms with Crippen LogP contribution in [0.2, 0.25) is 0 Å². The van der Waals surface area contributed by atoms with Crippen molar-refractivity contribution in [3.63, 3.8) is 0 Å². The van der Waals surface area contributed by atoms with Crippen molar-refractivity contribution in [1.29, 1.82) is 0 Å². The van der Waals surface area contributed by atoms with Gasteiger partial charge in [-0.15, -0.1) is 0 Å². The number of hydrogen-bond donors (Lipinski definition) is 1. The third-order valence-electron chi connectivity index (χ3n) is 4.00. The molecule has 0 aliphatic carbocycles. The smallest absolute Gasteiger partial charge is 0.267 e. The highest BCUT2D eigenvalue weighted by Gasteiger charge is 2.25. The number of ether oxygens (including phenoxy) is 1. The number of piperidine rings is 1. The van der Waals surface area contributed by atoms with Gasteiger partial charge in [-0.05, 0) is 31.0 Å². The molecular weight excluding hydrogens is 308 g/mol. The minimum atomic E-state index is -0.590. The van der Waals surface area contributed by atoms with Crippen LogP contribution in [0.5, 0.6) is 5.75 Å². The van der Waals surface area contributed by atoms with E-state index in [-0.39, 0.29) is 17.7 Å². The summed E-state index contributed by atoms with van der Waals surface area (Å²) in [4.78, 5) is 29.3. The first-order valence-corrected chi connectivity index (χ1v) is 7.93. The molecule has 2 aromatic heterocycles. The van der Waals surface area contributed by atoms with Gasteiger partial charge in [-0.1, -0.05) is 0 Å². The van der Waals surface area contributed by atoms with Gasteiger partial charge >= 0.3 is 0 Å². The molecule has 0 spiro atoms. The van der Waals surface area contributed by atoms with E-state index in [1.165, 1.54) is 12.3 Å². The van der Waals surface area contributed by atoms with Crippen molar-refractivity contribution in [3.05, 3.63) is 48.5 Å². The molecule has 2 N–H and O–H groups in total. The van der Waals surface area contributed by atoms with Crippen LogP contribution in [-0.4, -0.2) is 45.5 Å². The number of primary amides is 1. The van der Waals surface area contributed by atoms with Crippen LogP contribution in [0.4, 0.5) is 0 Å². The summed E-state index contributed by atoms with van der Waals surface area (Å²) in [5.74, 6) is 0.0307. The fraction of sp³-hybridized carbons (Fsp3) is 0.353. The lowest BCUT2D eigenvalue weighted by Gasteiger charge is -2.33. The number of carbonyl (C=O) groups is 2. The van der Waals surface area contributed by atoms with Crippen LogP contribution in [0, 0.1) is 0 Å². The minimum Gasteiger partial charge on any atom is -0.488 e. The number of likely N-dealkylation sites (tertiary alicyclic amines) is 1. The van der Waals surface area contributed by atoms with Crippen molar-refractivity contribution < 1.29 is 14.3 Å². The largest absolute Gasteiger partial charge is 0.488 e. The average molecular weight is 328 g/mol. The van der Waals surface area contributed by atoms with Crippen LogP contribution in [0.1, 0.15) is 23.3 Å². The molecule has 2 aromatic rings. The summed E-state index contributed by atoms with van der Waals surface area (Å²) in [5, 5.41) is 0. The maximum atomic E-state index is 12.4. The molecule has 1 atom stereocenters. The Kier molecular flexibility index (Phi) is 4.79. The predicted octanol–water partition coefficient (Wildman–Crippen LogP) is 1.05. The van der Waals surface area contributed by atoms with Crippen molar-refractivity contribution in [3.8, 4) is 5.75 Å². The van der Waals surface area contributed by atoms with Gasteiger partial charge in [-0.25, -0.2) is 0 Å². The van der Waals surface area contributed by atoms with E-state index in [1.807, 2.05) is 34.0 Å². The zero-order chi connectivity index (χ0) is 16.9. The summed E-state index contributed by atoms with van der Waals surface area (Å²) in [6.45, 7) is 1.61. The Hall–Kier alpha value is -2.83. The molecule has 24 heavy (non-hydrogen) atoms. The molecule has 1 aliphatic rings. The highest BCUT2D eigenvalue weighted by Crippen LogP contribution is 2.19. The molecule has 1 saturated heterocycles. The lowest BCUT2D eigenvalue weighted by Crippen LogP contribution is -2.45. The lowest BCUT2D eigenvalue weighted by molar-refractivity contribution is -0.134. The maximum Gasteiger partial charge on any atom is 0.267 e. The van der Waals surface area contributed by atoms with E-state index < -0.39 is 5.91 Å². The molecule has 1 unspecified atom stereocenters. The molecule has 1 fully saturated rings. The number of pyridine rings is 1. The standard InChI is InChI=1S/C17H20N4O3/c18-17(23)15-10-13(5-6-19-15)24-14-4-3-9-21(11-14)16(22)12-20-7-1-2-8-20/h1-2,5-8,10,14H,3-4,9,11-12H2,(H2,18,23). The van der Waals surface area contributed by atoms with Gasteiger partial charge in [-0.3, -0.25) is 14.6 Å². The lowest BCUT2D eigenvalue weighted by atomic mass is 10.1. The first-order chi connectivity index (χ1) is 11.6. The number of nitrogens with zero attached hydrogens (tertiary/aromatic N) is 3. The van der Waals surface area contributed by atoms with Crippen molar-refractivity contribution in [2.45, 2.75) is 25.5 Å². The topological polar surface area (TPSA) is 90.5 Å². The molecule has 7 heteroatoms. The Bertz CT molecular complexity index is 714. The minimum absolute atomic E-state index is 0.0760. The van der Waals surface area contributed by atoms with Crippen LogP contribution in [0.3, 0.4) is 0 Å². The molecule has 0 aromatic carbocycles. The first-order valence-electron chi connectivity index (χ1n) is 7.93. The third kappa shape index (κ3) is 3.92. The summed E-state index contributed by atoms with van der Waals surface area (Å²) in [6.07, 6.45) is 6.89. The number of amides is 2. The number of aromatic nitrogens is 2. The zero-order valence-electron chi connectivity index (χ0n) is 13.3. The Morgan fingerprint density at radius 3 is 2.88 bits per heavy atom. The molecule has 3 rings (SSSR count). The first kappa shape index (κ1) is 16.0. The van der Waals surface area contributed by atoms with Crippen molar-refractivity contribution in [2.24, 2.45) is 5.73 Å². The summed E-state index contributed by atoms with van der Waals surface area (Å²) in [6, 6.07) is 7.01. The van der Waals surface area contributed by atoms with Crippen LogP contribution in [-0.2, 0) is 11.3 Å². The monoisotopic (exact) mass is 328 g/mol. The number of carbonyl (C=O) groups excluding carboxylic acids is 2. The summed E-state index contributed by atoms with van der Waals surface area (Å²) >= 11 is 0. The SMILES string of the molecule is NC(=O)c1cc(OC2CCCN(C(=O)Cn3cccc3)C2)ccn1. The van der Waals surface area contributed by atoms with Crippen molar-refractivity contribution >= 4 is 11.8 Å². The molecule has 7 nitrogen and oxygen atoms in total. The van der Waals surface area contributed by atoms with E-state index in [9.17, 15) is 9.59 Å². The van der Waals surface area contributed by atoms with E-state index in [4.69, 9.17) is 10.5 Å². The Morgan fingerprint density at radius 1 is 1.33 bits per heavy atom. The summed E-state index contributed by atoms with van der Waals surface area (Å²) < 4.78 is 7.77. The van der Waals surface area contributed by atoms with E-state index in [1.54, 1.807) is 6.07 Å². The number of hydrogen-bond acceptors (Lipinski definition) is 4. The summed E-state index contributed by atoms with van der Waals surface area (Å²) in [7, 11) is 0. The number of rotatable bonds is 5. The fourth-order valence-corrected chi connectivity index (χ4v) is 2.80. The fourth-order valence-electron chi connectivity index (χ4n) is 2.80. The van der Waals surface area contributed by atoms with Gasteiger partial charge in [0, 0.05) is 31.2 Å². The highest BCUT2D eigenvalue weighted by atomic mass is 16.5. The molecule has 1 aliphatic heterocycles. The zero-order valence-corrected chi connectivity index (χ0v) is 13.3. The average Bonchev–Trinajstić information content (AvgIpc) is 3.08. The quantitative estimate of drug-likeness (QED) is 0.888. The van der Waals surface area contributed by atoms with Gasteiger partial charge in [0.25, 0.3) is 5.91 Å². The predicted molar refractivity (Wildman–Crippen MR) is 87.4 cm³/mol. The number of nitrogens with two attached hydrogens (primary N) is 1. The molecule has 3 heterocycles. The second-order valence-electron chi connectivity index (χ2n) is 5.82. The van der Waals surface area contributed by atoms with E-state index in [0.717, 1.165) is 19.4 Å². The normalized spacial score (nSPS) is 17.5. The van der Waals surface area contributed by atoms with Gasteiger partial charge in [0.05, 0.1) is 6.54 Å².